The number of aromatic nitrogens is 3. The van der Waals surface area contributed by atoms with Crippen LogP contribution in [0.5, 0.6) is 0 Å². The Morgan fingerprint density at radius 1 is 1.03 bits per heavy atom. The van der Waals surface area contributed by atoms with Gasteiger partial charge < -0.3 is 14.8 Å². The van der Waals surface area contributed by atoms with Crippen molar-refractivity contribution in [1.82, 2.24) is 14.8 Å². The Balaban J connectivity index is 1.75. The molecule has 0 atom stereocenters. The van der Waals surface area contributed by atoms with E-state index in [1.807, 2.05) is 26.2 Å². The van der Waals surface area contributed by atoms with Crippen molar-refractivity contribution in [2.45, 2.75) is 45.3 Å². The Hall–Kier alpha value is -2.80. The van der Waals surface area contributed by atoms with Gasteiger partial charge in [0.15, 0.2) is 11.0 Å². The summed E-state index contributed by atoms with van der Waals surface area (Å²) in [5, 5.41) is 12.7. The van der Waals surface area contributed by atoms with Crippen LogP contribution in [0.4, 0.5) is 11.4 Å². The van der Waals surface area contributed by atoms with Gasteiger partial charge in [-0.05, 0) is 43.0 Å². The van der Waals surface area contributed by atoms with Gasteiger partial charge in [0.1, 0.15) is 0 Å². The second-order valence-electron chi connectivity index (χ2n) is 7.49. The number of nitrogens with zero attached hydrogens (tertiary/aromatic N) is 4. The first-order chi connectivity index (χ1) is 15.0. The quantitative estimate of drug-likeness (QED) is 0.483. The highest BCUT2D eigenvalue weighted by atomic mass is 32.2. The molecule has 0 radical (unpaired) electrons. The summed E-state index contributed by atoms with van der Waals surface area (Å²) in [6, 6.07) is 14.4. The standard InChI is InChI=1S/C24H31N5OS/c1-6-17-11-9-12-18(7-2)22(17)25-21(30)16-31-24-27-26-23(29(24)8-3)19-13-10-14-20(15-19)28(4)5/h9-15H,6-8,16H2,1-5H3,(H,25,30). The van der Waals surface area contributed by atoms with E-state index in [0.717, 1.165) is 58.4 Å². The molecular formula is C24H31N5OS. The lowest BCUT2D eigenvalue weighted by molar-refractivity contribution is -0.113. The minimum absolute atomic E-state index is 0.0255. The number of para-hydroxylation sites is 1. The van der Waals surface area contributed by atoms with Gasteiger partial charge in [0.05, 0.1) is 5.75 Å². The summed E-state index contributed by atoms with van der Waals surface area (Å²) in [7, 11) is 4.04. The molecule has 3 rings (SSSR count). The van der Waals surface area contributed by atoms with E-state index in [1.54, 1.807) is 0 Å². The topological polar surface area (TPSA) is 63.1 Å². The average molecular weight is 438 g/mol. The van der Waals surface area contributed by atoms with Crippen LogP contribution in [0.2, 0.25) is 0 Å². The van der Waals surface area contributed by atoms with E-state index in [4.69, 9.17) is 0 Å². The van der Waals surface area contributed by atoms with Crippen LogP contribution in [0.25, 0.3) is 11.4 Å². The summed E-state index contributed by atoms with van der Waals surface area (Å²) < 4.78 is 2.06. The zero-order chi connectivity index (χ0) is 22.4. The monoisotopic (exact) mass is 437 g/mol. The Bertz CT molecular complexity index is 1020. The van der Waals surface area contributed by atoms with Gasteiger partial charge in [-0.15, -0.1) is 10.2 Å². The molecule has 1 heterocycles. The van der Waals surface area contributed by atoms with Crippen LogP contribution in [-0.2, 0) is 24.2 Å². The lowest BCUT2D eigenvalue weighted by atomic mass is 10.0. The maximum absolute atomic E-state index is 12.7. The van der Waals surface area contributed by atoms with Crippen molar-refractivity contribution in [3.05, 3.63) is 53.6 Å². The summed E-state index contributed by atoms with van der Waals surface area (Å²) in [5.74, 6) is 1.08. The van der Waals surface area contributed by atoms with E-state index < -0.39 is 0 Å². The number of carbonyl (C=O) groups excluding carboxylic acids is 1. The lowest BCUT2D eigenvalue weighted by Gasteiger charge is -2.15. The van der Waals surface area contributed by atoms with Crippen LogP contribution in [0.3, 0.4) is 0 Å². The van der Waals surface area contributed by atoms with Crippen LogP contribution in [-0.4, -0.2) is 40.5 Å². The number of anilines is 2. The first kappa shape index (κ1) is 22.9. The Labute approximate surface area is 189 Å². The molecule has 1 amide bonds. The molecule has 0 bridgehead atoms. The SMILES string of the molecule is CCc1cccc(CC)c1NC(=O)CSc1nnc(-c2cccc(N(C)C)c2)n1CC. The molecule has 2 aromatic carbocycles. The molecule has 0 fully saturated rings. The lowest BCUT2D eigenvalue weighted by Crippen LogP contribution is -2.17. The van der Waals surface area contributed by atoms with Crippen LogP contribution in [0, 0.1) is 0 Å². The molecular weight excluding hydrogens is 406 g/mol. The van der Waals surface area contributed by atoms with Gasteiger partial charge in [-0.3, -0.25) is 4.79 Å². The van der Waals surface area contributed by atoms with E-state index in [0.29, 0.717) is 0 Å². The fourth-order valence-corrected chi connectivity index (χ4v) is 4.33. The number of benzene rings is 2. The molecule has 31 heavy (non-hydrogen) atoms. The molecule has 164 valence electrons. The largest absolute Gasteiger partial charge is 0.378 e. The van der Waals surface area contributed by atoms with E-state index in [2.05, 4.69) is 76.1 Å². The van der Waals surface area contributed by atoms with Gasteiger partial charge in [0, 0.05) is 37.6 Å². The number of hydrogen-bond acceptors (Lipinski definition) is 5. The Morgan fingerprint density at radius 3 is 2.32 bits per heavy atom. The smallest absolute Gasteiger partial charge is 0.234 e. The second kappa shape index (κ2) is 10.5. The fourth-order valence-electron chi connectivity index (χ4n) is 3.53. The van der Waals surface area contributed by atoms with E-state index in [1.165, 1.54) is 11.8 Å². The molecule has 0 saturated heterocycles. The van der Waals surface area contributed by atoms with E-state index in [-0.39, 0.29) is 11.7 Å². The molecule has 0 spiro atoms. The first-order valence-electron chi connectivity index (χ1n) is 10.7. The predicted octanol–water partition coefficient (Wildman–Crippen LogP) is 4.89. The zero-order valence-electron chi connectivity index (χ0n) is 19.0. The van der Waals surface area contributed by atoms with Gasteiger partial charge in [-0.25, -0.2) is 0 Å². The third-order valence-corrected chi connectivity index (χ3v) is 6.22. The minimum atomic E-state index is -0.0255. The summed E-state index contributed by atoms with van der Waals surface area (Å²) in [6.07, 6.45) is 1.77. The molecule has 1 aromatic heterocycles. The highest BCUT2D eigenvalue weighted by Gasteiger charge is 2.16. The van der Waals surface area contributed by atoms with E-state index in [9.17, 15) is 4.79 Å². The summed E-state index contributed by atoms with van der Waals surface area (Å²) in [5.41, 5.74) is 5.41. The normalized spacial score (nSPS) is 10.9. The summed E-state index contributed by atoms with van der Waals surface area (Å²) in [4.78, 5) is 14.8. The van der Waals surface area contributed by atoms with Gasteiger partial charge in [-0.2, -0.15) is 0 Å². The fraction of sp³-hybridized carbons (Fsp3) is 0.375. The van der Waals surface area contributed by atoms with Gasteiger partial charge in [0.25, 0.3) is 0 Å². The number of hydrogen-bond donors (Lipinski definition) is 1. The molecule has 6 nitrogen and oxygen atoms in total. The molecule has 0 aliphatic carbocycles. The van der Waals surface area contributed by atoms with Crippen molar-refractivity contribution in [1.29, 1.82) is 0 Å². The number of carbonyl (C=O) groups is 1. The van der Waals surface area contributed by atoms with Crippen LogP contribution < -0.4 is 10.2 Å². The Kier molecular flexibility index (Phi) is 7.74. The predicted molar refractivity (Wildman–Crippen MR) is 130 cm³/mol. The number of nitrogens with one attached hydrogen (secondary N) is 1. The second-order valence-corrected chi connectivity index (χ2v) is 8.43. The molecule has 3 aromatic rings. The number of aryl methyl sites for hydroxylation is 2. The van der Waals surface area contributed by atoms with Crippen molar-refractivity contribution in [2.75, 3.05) is 30.1 Å². The van der Waals surface area contributed by atoms with Crippen LogP contribution in [0.1, 0.15) is 31.9 Å². The minimum Gasteiger partial charge on any atom is -0.378 e. The third-order valence-electron chi connectivity index (χ3n) is 5.25. The molecule has 0 aliphatic heterocycles. The summed E-state index contributed by atoms with van der Waals surface area (Å²) >= 11 is 1.42. The molecule has 1 N–H and O–H groups in total. The average Bonchev–Trinajstić information content (AvgIpc) is 3.20. The highest BCUT2D eigenvalue weighted by molar-refractivity contribution is 7.99. The maximum atomic E-state index is 12.7. The molecule has 0 unspecified atom stereocenters. The van der Waals surface area contributed by atoms with Crippen LogP contribution in [0.15, 0.2) is 47.6 Å². The number of amides is 1. The number of thioether (sulfide) groups is 1. The summed E-state index contributed by atoms with van der Waals surface area (Å²) in [6.45, 7) is 7.01. The van der Waals surface area contributed by atoms with Gasteiger partial charge in [-0.1, -0.05) is 55.9 Å². The van der Waals surface area contributed by atoms with Crippen molar-refractivity contribution in [3.8, 4) is 11.4 Å². The maximum Gasteiger partial charge on any atom is 0.234 e. The third kappa shape index (κ3) is 5.28. The van der Waals surface area contributed by atoms with Gasteiger partial charge >= 0.3 is 0 Å². The van der Waals surface area contributed by atoms with Crippen molar-refractivity contribution in [2.24, 2.45) is 0 Å². The van der Waals surface area contributed by atoms with Gasteiger partial charge in [0.2, 0.25) is 5.91 Å². The van der Waals surface area contributed by atoms with Crippen molar-refractivity contribution >= 4 is 29.0 Å². The zero-order valence-corrected chi connectivity index (χ0v) is 19.8. The van der Waals surface area contributed by atoms with Crippen LogP contribution >= 0.6 is 11.8 Å². The molecule has 7 heteroatoms. The molecule has 0 saturated carbocycles. The Morgan fingerprint density at radius 2 is 1.71 bits per heavy atom. The van der Waals surface area contributed by atoms with Crippen molar-refractivity contribution < 1.29 is 4.79 Å². The van der Waals surface area contributed by atoms with E-state index >= 15 is 0 Å². The number of rotatable bonds is 9. The first-order valence-corrected chi connectivity index (χ1v) is 11.7. The highest BCUT2D eigenvalue weighted by Crippen LogP contribution is 2.27. The van der Waals surface area contributed by atoms with Crippen molar-refractivity contribution in [3.63, 3.8) is 0 Å². The molecule has 0 aliphatic rings.